The van der Waals surface area contributed by atoms with Crippen molar-refractivity contribution in [3.63, 3.8) is 0 Å². The first-order valence-corrected chi connectivity index (χ1v) is 9.50. The molecular weight excluding hydrogens is 350 g/mol. The molecule has 0 aliphatic carbocycles. The van der Waals surface area contributed by atoms with Crippen LogP contribution in [0.4, 0.5) is 0 Å². The lowest BCUT2D eigenvalue weighted by Crippen LogP contribution is -2.37. The summed E-state index contributed by atoms with van der Waals surface area (Å²) in [5.74, 6) is 1.36. The number of hydrogen-bond acceptors (Lipinski definition) is 3. The molecule has 2 aliphatic rings. The maximum atomic E-state index is 12.9. The number of nitrogens with zero attached hydrogens (tertiary/aromatic N) is 1. The molecule has 1 saturated heterocycles. The lowest BCUT2D eigenvalue weighted by atomic mass is 10.0. The highest BCUT2D eigenvalue weighted by Crippen LogP contribution is 2.38. The van der Waals surface area contributed by atoms with Crippen molar-refractivity contribution >= 4 is 17.5 Å². The molecule has 1 unspecified atom stereocenters. The van der Waals surface area contributed by atoms with Gasteiger partial charge in [-0.05, 0) is 42.5 Å². The number of carbonyl (C=O) groups excluding carboxylic acids is 1. The van der Waals surface area contributed by atoms with Crippen molar-refractivity contribution in [2.45, 2.75) is 31.7 Å². The average molecular weight is 372 g/mol. The average Bonchev–Trinajstić information content (AvgIpc) is 3.11. The molecule has 1 amide bonds. The van der Waals surface area contributed by atoms with Crippen LogP contribution in [-0.4, -0.2) is 36.6 Å². The van der Waals surface area contributed by atoms with Gasteiger partial charge in [-0.3, -0.25) is 4.79 Å². The van der Waals surface area contributed by atoms with E-state index in [4.69, 9.17) is 21.1 Å². The summed E-state index contributed by atoms with van der Waals surface area (Å²) in [7, 11) is 0. The van der Waals surface area contributed by atoms with Crippen LogP contribution in [0.5, 0.6) is 11.5 Å². The first kappa shape index (κ1) is 17.2. The quantitative estimate of drug-likeness (QED) is 0.818. The number of likely N-dealkylation sites (tertiary alicyclic amines) is 1. The van der Waals surface area contributed by atoms with Crippen LogP contribution in [0.15, 0.2) is 42.5 Å². The highest BCUT2D eigenvalue weighted by atomic mass is 35.5. The Morgan fingerprint density at radius 3 is 2.77 bits per heavy atom. The predicted molar refractivity (Wildman–Crippen MR) is 101 cm³/mol. The minimum Gasteiger partial charge on any atom is -0.486 e. The molecule has 1 atom stereocenters. The first-order valence-electron chi connectivity index (χ1n) is 9.12. The van der Waals surface area contributed by atoms with Crippen LogP contribution in [0.3, 0.4) is 0 Å². The van der Waals surface area contributed by atoms with Gasteiger partial charge in [0.2, 0.25) is 5.91 Å². The number of benzene rings is 2. The van der Waals surface area contributed by atoms with Gasteiger partial charge in [0.15, 0.2) is 11.5 Å². The number of ether oxygens (including phenoxy) is 2. The third-order valence-electron chi connectivity index (χ3n) is 5.02. The second kappa shape index (κ2) is 7.58. The Morgan fingerprint density at radius 2 is 1.92 bits per heavy atom. The second-order valence-electron chi connectivity index (χ2n) is 6.85. The van der Waals surface area contributed by atoms with Crippen LogP contribution in [-0.2, 0) is 17.6 Å². The van der Waals surface area contributed by atoms with E-state index < -0.39 is 0 Å². The lowest BCUT2D eigenvalue weighted by molar-refractivity contribution is -0.131. The zero-order chi connectivity index (χ0) is 17.9. The standard InChI is InChI=1S/C21H22ClNO3/c22-18-12-16(13-19-21(18)26-10-9-25-19)14-20(24)23-8-4-7-17(23)11-15-5-2-1-3-6-15/h1-3,5-6,12-13,17H,4,7-11,14H2. The smallest absolute Gasteiger partial charge is 0.227 e. The van der Waals surface area contributed by atoms with Gasteiger partial charge in [0, 0.05) is 12.6 Å². The van der Waals surface area contributed by atoms with Crippen molar-refractivity contribution in [3.8, 4) is 11.5 Å². The van der Waals surface area contributed by atoms with E-state index >= 15 is 0 Å². The highest BCUT2D eigenvalue weighted by Gasteiger charge is 2.29. The fourth-order valence-electron chi connectivity index (χ4n) is 3.80. The Morgan fingerprint density at radius 1 is 1.12 bits per heavy atom. The Kier molecular flexibility index (Phi) is 5.02. The molecule has 0 saturated carbocycles. The molecule has 136 valence electrons. The van der Waals surface area contributed by atoms with Gasteiger partial charge in [-0.15, -0.1) is 0 Å². The SMILES string of the molecule is O=C(Cc1cc(Cl)c2c(c1)OCCO2)N1CCCC1Cc1ccccc1. The van der Waals surface area contributed by atoms with E-state index in [0.717, 1.165) is 31.4 Å². The Labute approximate surface area is 158 Å². The summed E-state index contributed by atoms with van der Waals surface area (Å²) in [5.41, 5.74) is 2.15. The van der Waals surface area contributed by atoms with Gasteiger partial charge in [0.25, 0.3) is 0 Å². The van der Waals surface area contributed by atoms with Gasteiger partial charge in [0.05, 0.1) is 11.4 Å². The fraction of sp³-hybridized carbons (Fsp3) is 0.381. The molecule has 2 aromatic carbocycles. The zero-order valence-electron chi connectivity index (χ0n) is 14.6. The summed E-state index contributed by atoms with van der Waals surface area (Å²) >= 11 is 6.30. The van der Waals surface area contributed by atoms with Crippen LogP contribution in [0.25, 0.3) is 0 Å². The van der Waals surface area contributed by atoms with E-state index in [1.165, 1.54) is 5.56 Å². The fourth-order valence-corrected chi connectivity index (χ4v) is 4.09. The normalized spacial score (nSPS) is 18.8. The number of halogens is 1. The topological polar surface area (TPSA) is 38.8 Å². The minimum atomic E-state index is 0.149. The van der Waals surface area contributed by atoms with Gasteiger partial charge in [0.1, 0.15) is 13.2 Å². The molecule has 5 heteroatoms. The molecule has 0 N–H and O–H groups in total. The van der Waals surface area contributed by atoms with Crippen LogP contribution in [0.1, 0.15) is 24.0 Å². The molecule has 2 aliphatic heterocycles. The molecule has 1 fully saturated rings. The third-order valence-corrected chi connectivity index (χ3v) is 5.30. The number of rotatable bonds is 4. The van der Waals surface area contributed by atoms with Gasteiger partial charge < -0.3 is 14.4 Å². The number of carbonyl (C=O) groups is 1. The summed E-state index contributed by atoms with van der Waals surface area (Å²) in [4.78, 5) is 14.9. The van der Waals surface area contributed by atoms with E-state index in [1.54, 1.807) is 0 Å². The monoisotopic (exact) mass is 371 g/mol. The van der Waals surface area contributed by atoms with Crippen molar-refractivity contribution in [2.24, 2.45) is 0 Å². The molecule has 4 nitrogen and oxygen atoms in total. The molecule has 0 spiro atoms. The third kappa shape index (κ3) is 3.65. The highest BCUT2D eigenvalue weighted by molar-refractivity contribution is 6.32. The molecule has 26 heavy (non-hydrogen) atoms. The maximum absolute atomic E-state index is 12.9. The van der Waals surface area contributed by atoms with E-state index in [0.29, 0.717) is 36.2 Å². The van der Waals surface area contributed by atoms with E-state index in [-0.39, 0.29) is 11.9 Å². The van der Waals surface area contributed by atoms with E-state index in [2.05, 4.69) is 12.1 Å². The second-order valence-corrected chi connectivity index (χ2v) is 7.26. The number of hydrogen-bond donors (Lipinski definition) is 0. The molecular formula is C21H22ClNO3. The number of fused-ring (bicyclic) bond motifs is 1. The van der Waals surface area contributed by atoms with Gasteiger partial charge in [-0.2, -0.15) is 0 Å². The largest absolute Gasteiger partial charge is 0.486 e. The summed E-state index contributed by atoms with van der Waals surface area (Å²) in [6.07, 6.45) is 3.36. The molecule has 2 aromatic rings. The summed E-state index contributed by atoms with van der Waals surface area (Å²) in [6, 6.07) is 14.3. The van der Waals surface area contributed by atoms with Crippen LogP contribution in [0.2, 0.25) is 5.02 Å². The summed E-state index contributed by atoms with van der Waals surface area (Å²) in [5, 5.41) is 0.507. The Balaban J connectivity index is 1.46. The maximum Gasteiger partial charge on any atom is 0.227 e. The van der Waals surface area contributed by atoms with Crippen molar-refractivity contribution in [1.29, 1.82) is 0 Å². The van der Waals surface area contributed by atoms with Crippen molar-refractivity contribution in [1.82, 2.24) is 4.90 Å². The lowest BCUT2D eigenvalue weighted by Gasteiger charge is -2.25. The summed E-state index contributed by atoms with van der Waals surface area (Å²) < 4.78 is 11.2. The predicted octanol–water partition coefficient (Wildman–Crippen LogP) is 3.89. The van der Waals surface area contributed by atoms with Gasteiger partial charge >= 0.3 is 0 Å². The van der Waals surface area contributed by atoms with Crippen LogP contribution < -0.4 is 9.47 Å². The van der Waals surface area contributed by atoms with Gasteiger partial charge in [-0.1, -0.05) is 41.9 Å². The molecule has 4 rings (SSSR count). The van der Waals surface area contributed by atoms with Gasteiger partial charge in [-0.25, -0.2) is 0 Å². The molecule has 0 bridgehead atoms. The van der Waals surface area contributed by atoms with Crippen molar-refractivity contribution < 1.29 is 14.3 Å². The first-order chi connectivity index (χ1) is 12.7. The minimum absolute atomic E-state index is 0.149. The van der Waals surface area contributed by atoms with Crippen molar-refractivity contribution in [2.75, 3.05) is 19.8 Å². The Hall–Kier alpha value is -2.20. The molecule has 2 heterocycles. The summed E-state index contributed by atoms with van der Waals surface area (Å²) in [6.45, 7) is 1.83. The number of amides is 1. The van der Waals surface area contributed by atoms with Crippen LogP contribution >= 0.6 is 11.6 Å². The van der Waals surface area contributed by atoms with Crippen molar-refractivity contribution in [3.05, 3.63) is 58.6 Å². The Bertz CT molecular complexity index is 793. The zero-order valence-corrected chi connectivity index (χ0v) is 15.4. The van der Waals surface area contributed by atoms with Crippen LogP contribution in [0, 0.1) is 0 Å². The van der Waals surface area contributed by atoms with E-state index in [1.807, 2.05) is 35.2 Å². The molecule has 0 aromatic heterocycles. The molecule has 0 radical (unpaired) electrons. The van der Waals surface area contributed by atoms with E-state index in [9.17, 15) is 4.79 Å².